The molecular weight excluding hydrogens is 483 g/mol. The van der Waals surface area contributed by atoms with Crippen LogP contribution in [0.25, 0.3) is 0 Å². The quantitative estimate of drug-likeness (QED) is 0.479. The Morgan fingerprint density at radius 1 is 0.909 bits per heavy atom. The minimum Gasteiger partial charge on any atom is -0.324 e. The molecule has 1 heterocycles. The molecule has 1 amide bonds. The molecule has 1 saturated heterocycles. The molecule has 0 radical (unpaired) electrons. The van der Waals surface area contributed by atoms with Crippen LogP contribution in [0, 0.1) is 0 Å². The summed E-state index contributed by atoms with van der Waals surface area (Å²) in [6, 6.07) is 18.2. The van der Waals surface area contributed by atoms with Gasteiger partial charge in [0, 0.05) is 27.7 Å². The summed E-state index contributed by atoms with van der Waals surface area (Å²) in [5.74, 6) is -0.806. The van der Waals surface area contributed by atoms with Crippen molar-refractivity contribution in [3.63, 3.8) is 0 Å². The average molecular weight is 503 g/mol. The lowest BCUT2D eigenvalue weighted by Gasteiger charge is -2.24. The first-order chi connectivity index (χ1) is 15.8. The fourth-order valence-electron chi connectivity index (χ4n) is 3.81. The molecule has 3 aromatic carbocycles. The molecule has 1 aliphatic rings. The second kappa shape index (κ2) is 9.65. The van der Waals surface area contributed by atoms with E-state index < -0.39 is 22.0 Å². The second-order valence-electron chi connectivity index (χ2n) is 7.60. The second-order valence-corrected chi connectivity index (χ2v) is 10.4. The van der Waals surface area contributed by atoms with Crippen molar-refractivity contribution in [3.8, 4) is 0 Å². The highest BCUT2D eigenvalue weighted by molar-refractivity contribution is 7.89. The maximum Gasteiger partial charge on any atom is 0.243 e. The zero-order valence-electron chi connectivity index (χ0n) is 17.4. The van der Waals surface area contributed by atoms with Gasteiger partial charge in [-0.05, 0) is 55.3 Å². The third-order valence-corrected chi connectivity index (χ3v) is 7.86. The number of anilines is 1. The van der Waals surface area contributed by atoms with Crippen LogP contribution < -0.4 is 5.32 Å². The van der Waals surface area contributed by atoms with Gasteiger partial charge in [0.2, 0.25) is 15.9 Å². The van der Waals surface area contributed by atoms with Crippen LogP contribution in [0.2, 0.25) is 10.0 Å². The van der Waals surface area contributed by atoms with Gasteiger partial charge in [-0.25, -0.2) is 8.42 Å². The van der Waals surface area contributed by atoms with Crippen molar-refractivity contribution in [2.24, 2.45) is 0 Å². The molecule has 6 nitrogen and oxygen atoms in total. The van der Waals surface area contributed by atoms with Crippen LogP contribution in [0.5, 0.6) is 0 Å². The van der Waals surface area contributed by atoms with Gasteiger partial charge in [0.25, 0.3) is 0 Å². The summed E-state index contributed by atoms with van der Waals surface area (Å²) >= 11 is 12.0. The van der Waals surface area contributed by atoms with Gasteiger partial charge in [-0.3, -0.25) is 9.59 Å². The van der Waals surface area contributed by atoms with Crippen LogP contribution >= 0.6 is 23.2 Å². The number of rotatable bonds is 6. The van der Waals surface area contributed by atoms with Gasteiger partial charge in [0.05, 0.1) is 10.6 Å². The van der Waals surface area contributed by atoms with E-state index in [0.717, 1.165) is 0 Å². The fraction of sp³-hybridized carbons (Fsp3) is 0.167. The molecule has 33 heavy (non-hydrogen) atoms. The number of ketones is 1. The summed E-state index contributed by atoms with van der Waals surface area (Å²) in [5.41, 5.74) is 0.948. The number of carbonyl (C=O) groups is 2. The number of halogens is 2. The lowest BCUT2D eigenvalue weighted by Crippen LogP contribution is -2.43. The predicted molar refractivity (Wildman–Crippen MR) is 128 cm³/mol. The van der Waals surface area contributed by atoms with Crippen LogP contribution in [-0.2, 0) is 14.8 Å². The largest absolute Gasteiger partial charge is 0.324 e. The Bertz CT molecular complexity index is 1300. The molecular formula is C24H20Cl2N2O4S. The Labute approximate surface area is 202 Å². The molecule has 4 rings (SSSR count). The van der Waals surface area contributed by atoms with Crippen molar-refractivity contribution < 1.29 is 18.0 Å². The zero-order chi connectivity index (χ0) is 23.6. The van der Waals surface area contributed by atoms with Crippen molar-refractivity contribution in [1.29, 1.82) is 0 Å². The van der Waals surface area contributed by atoms with Gasteiger partial charge in [0.1, 0.15) is 6.04 Å². The van der Waals surface area contributed by atoms with Gasteiger partial charge in [-0.2, -0.15) is 4.31 Å². The minimum atomic E-state index is -3.89. The number of amides is 1. The monoisotopic (exact) mass is 502 g/mol. The summed E-state index contributed by atoms with van der Waals surface area (Å²) in [6.07, 6.45) is 0.912. The third kappa shape index (κ3) is 4.96. The van der Waals surface area contributed by atoms with Crippen molar-refractivity contribution in [2.75, 3.05) is 11.9 Å². The SMILES string of the molecule is O=C(c1ccccc1)c1cc(Cl)ccc1NC(=O)C1CCCN1S(=O)(=O)c1ccc(Cl)cc1. The molecule has 0 bridgehead atoms. The predicted octanol–water partition coefficient (Wildman–Crippen LogP) is 5.02. The Morgan fingerprint density at radius 3 is 2.27 bits per heavy atom. The number of nitrogens with one attached hydrogen (secondary N) is 1. The highest BCUT2D eigenvalue weighted by Crippen LogP contribution is 2.29. The smallest absolute Gasteiger partial charge is 0.243 e. The Morgan fingerprint density at radius 2 is 1.58 bits per heavy atom. The van der Waals surface area contributed by atoms with Crippen molar-refractivity contribution >= 4 is 50.6 Å². The van der Waals surface area contributed by atoms with Crippen LogP contribution in [-0.4, -0.2) is 37.0 Å². The number of carbonyl (C=O) groups excluding carboxylic acids is 2. The Balaban J connectivity index is 1.61. The molecule has 0 saturated carbocycles. The van der Waals surface area contributed by atoms with Crippen LogP contribution in [0.1, 0.15) is 28.8 Å². The fourth-order valence-corrected chi connectivity index (χ4v) is 5.76. The molecule has 0 aromatic heterocycles. The number of nitrogens with zero attached hydrogens (tertiary/aromatic N) is 1. The molecule has 170 valence electrons. The van der Waals surface area contributed by atoms with Crippen LogP contribution in [0.15, 0.2) is 77.7 Å². The number of sulfonamides is 1. The van der Waals surface area contributed by atoms with Crippen molar-refractivity contribution in [2.45, 2.75) is 23.8 Å². The molecule has 3 aromatic rings. The minimum absolute atomic E-state index is 0.0676. The summed E-state index contributed by atoms with van der Waals surface area (Å²) in [4.78, 5) is 26.3. The van der Waals surface area contributed by atoms with Gasteiger partial charge < -0.3 is 5.32 Å². The van der Waals surface area contributed by atoms with Crippen LogP contribution in [0.3, 0.4) is 0 Å². The topological polar surface area (TPSA) is 83.6 Å². The molecule has 1 N–H and O–H groups in total. The Hall–Kier alpha value is -2.71. The maximum atomic E-state index is 13.2. The van der Waals surface area contributed by atoms with E-state index in [0.29, 0.717) is 28.5 Å². The number of hydrogen-bond acceptors (Lipinski definition) is 4. The van der Waals surface area contributed by atoms with Crippen LogP contribution in [0.4, 0.5) is 5.69 Å². The summed E-state index contributed by atoms with van der Waals surface area (Å²) in [5, 5.41) is 3.51. The van der Waals surface area contributed by atoms with E-state index in [4.69, 9.17) is 23.2 Å². The number of hydrogen-bond donors (Lipinski definition) is 1. The third-order valence-electron chi connectivity index (χ3n) is 5.45. The molecule has 1 aliphatic heterocycles. The van der Waals surface area contributed by atoms with Gasteiger partial charge in [0.15, 0.2) is 5.78 Å². The van der Waals surface area contributed by atoms with Gasteiger partial charge in [-0.15, -0.1) is 0 Å². The van der Waals surface area contributed by atoms with E-state index in [-0.39, 0.29) is 28.5 Å². The van der Waals surface area contributed by atoms with Gasteiger partial charge >= 0.3 is 0 Å². The summed E-state index contributed by atoms with van der Waals surface area (Å²) < 4.78 is 27.5. The normalized spacial score (nSPS) is 16.5. The summed E-state index contributed by atoms with van der Waals surface area (Å²) in [6.45, 7) is 0.222. The zero-order valence-corrected chi connectivity index (χ0v) is 19.7. The molecule has 9 heteroatoms. The standard InChI is InChI=1S/C24H20Cl2N2O4S/c25-17-8-11-19(12-9-17)33(31,32)28-14-4-7-22(28)24(30)27-21-13-10-18(26)15-20(21)23(29)16-5-2-1-3-6-16/h1-3,5-6,8-13,15,22H,4,7,14H2,(H,27,30). The van der Waals surface area contributed by atoms with E-state index in [2.05, 4.69) is 5.32 Å². The molecule has 0 spiro atoms. The van der Waals surface area contributed by atoms with E-state index in [1.165, 1.54) is 34.6 Å². The first kappa shape index (κ1) is 23.4. The Kier molecular flexibility index (Phi) is 6.86. The highest BCUT2D eigenvalue weighted by atomic mass is 35.5. The first-order valence-electron chi connectivity index (χ1n) is 10.2. The average Bonchev–Trinajstić information content (AvgIpc) is 3.32. The van der Waals surface area contributed by atoms with Gasteiger partial charge in [-0.1, -0.05) is 53.5 Å². The molecule has 1 unspecified atom stereocenters. The van der Waals surface area contributed by atoms with E-state index in [9.17, 15) is 18.0 Å². The number of benzene rings is 3. The van der Waals surface area contributed by atoms with E-state index in [1.54, 1.807) is 42.5 Å². The lowest BCUT2D eigenvalue weighted by atomic mass is 10.0. The van der Waals surface area contributed by atoms with E-state index in [1.807, 2.05) is 0 Å². The van der Waals surface area contributed by atoms with E-state index >= 15 is 0 Å². The molecule has 1 atom stereocenters. The first-order valence-corrected chi connectivity index (χ1v) is 12.4. The molecule has 0 aliphatic carbocycles. The maximum absolute atomic E-state index is 13.2. The van der Waals surface area contributed by atoms with Crippen molar-refractivity contribution in [1.82, 2.24) is 4.31 Å². The van der Waals surface area contributed by atoms with Crippen molar-refractivity contribution in [3.05, 3.63) is 94.0 Å². The highest BCUT2D eigenvalue weighted by Gasteiger charge is 2.39. The molecule has 1 fully saturated rings. The summed E-state index contributed by atoms with van der Waals surface area (Å²) in [7, 11) is -3.89. The lowest BCUT2D eigenvalue weighted by molar-refractivity contribution is -0.119.